The molecular formula is C18H35N3O2. The lowest BCUT2D eigenvalue weighted by Gasteiger charge is -2.34. The minimum Gasteiger partial charge on any atom is -0.339 e. The molecule has 2 fully saturated rings. The molecular weight excluding hydrogens is 290 g/mol. The van der Waals surface area contributed by atoms with Crippen LogP contribution >= 0.6 is 0 Å². The van der Waals surface area contributed by atoms with Crippen LogP contribution in [0.15, 0.2) is 0 Å². The topological polar surface area (TPSA) is 36.0 Å². The summed E-state index contributed by atoms with van der Waals surface area (Å²) in [5.74, 6) is 1.12. The summed E-state index contributed by atoms with van der Waals surface area (Å²) in [6.45, 7) is 13.3. The molecule has 0 spiro atoms. The summed E-state index contributed by atoms with van der Waals surface area (Å²) in [6.07, 6.45) is 5.46. The standard InChI is InChI=1S/C18H35N3O2/c1-16(2)21(14-13-19-10-6-17(3)7-11-19)18(22)8-12-20-9-4-5-15-23-20/h16-17H,4-15H2,1-3H3. The Morgan fingerprint density at radius 1 is 1.17 bits per heavy atom. The van der Waals surface area contributed by atoms with Crippen LogP contribution in [0.3, 0.4) is 0 Å². The van der Waals surface area contributed by atoms with E-state index in [1.807, 2.05) is 9.96 Å². The van der Waals surface area contributed by atoms with Crippen LogP contribution in [0.4, 0.5) is 0 Å². The number of hydroxylamine groups is 2. The third kappa shape index (κ3) is 6.40. The fourth-order valence-corrected chi connectivity index (χ4v) is 3.39. The molecule has 5 heteroatoms. The van der Waals surface area contributed by atoms with E-state index >= 15 is 0 Å². The van der Waals surface area contributed by atoms with Gasteiger partial charge in [0, 0.05) is 38.6 Å². The van der Waals surface area contributed by atoms with Gasteiger partial charge in [-0.3, -0.25) is 9.63 Å². The first-order valence-corrected chi connectivity index (χ1v) is 9.46. The molecule has 2 heterocycles. The van der Waals surface area contributed by atoms with Crippen molar-refractivity contribution >= 4 is 5.91 Å². The Labute approximate surface area is 141 Å². The summed E-state index contributed by atoms with van der Waals surface area (Å²) in [5, 5.41) is 1.96. The fraction of sp³-hybridized carbons (Fsp3) is 0.944. The van der Waals surface area contributed by atoms with Gasteiger partial charge in [-0.2, -0.15) is 5.06 Å². The molecule has 2 aliphatic heterocycles. The second-order valence-electron chi connectivity index (χ2n) is 7.42. The van der Waals surface area contributed by atoms with Gasteiger partial charge in [0.1, 0.15) is 0 Å². The van der Waals surface area contributed by atoms with E-state index < -0.39 is 0 Å². The van der Waals surface area contributed by atoms with Gasteiger partial charge in [-0.25, -0.2) is 0 Å². The minimum atomic E-state index is 0.263. The maximum Gasteiger partial charge on any atom is 0.224 e. The summed E-state index contributed by atoms with van der Waals surface area (Å²) >= 11 is 0. The number of carbonyl (C=O) groups is 1. The van der Waals surface area contributed by atoms with Crippen LogP contribution < -0.4 is 0 Å². The summed E-state index contributed by atoms with van der Waals surface area (Å²) in [6, 6.07) is 0.272. The lowest BCUT2D eigenvalue weighted by atomic mass is 9.99. The first-order chi connectivity index (χ1) is 11.1. The Balaban J connectivity index is 1.72. The molecule has 5 nitrogen and oxygen atoms in total. The molecule has 2 aliphatic rings. The van der Waals surface area contributed by atoms with Crippen LogP contribution in [-0.4, -0.2) is 72.7 Å². The Hall–Kier alpha value is -0.650. The van der Waals surface area contributed by atoms with E-state index in [1.54, 1.807) is 0 Å². The van der Waals surface area contributed by atoms with Crippen LogP contribution in [0.5, 0.6) is 0 Å². The first-order valence-electron chi connectivity index (χ1n) is 9.46. The molecule has 23 heavy (non-hydrogen) atoms. The van der Waals surface area contributed by atoms with E-state index in [0.717, 1.165) is 45.1 Å². The number of likely N-dealkylation sites (tertiary alicyclic amines) is 1. The second-order valence-corrected chi connectivity index (χ2v) is 7.42. The Morgan fingerprint density at radius 2 is 1.91 bits per heavy atom. The highest BCUT2D eigenvalue weighted by Gasteiger charge is 2.21. The molecule has 0 atom stereocenters. The summed E-state index contributed by atoms with van der Waals surface area (Å²) in [4.78, 5) is 22.7. The first kappa shape index (κ1) is 18.7. The number of hydrogen-bond acceptors (Lipinski definition) is 4. The maximum absolute atomic E-state index is 12.6. The van der Waals surface area contributed by atoms with Crippen molar-refractivity contribution in [2.75, 3.05) is 45.9 Å². The Kier molecular flexibility index (Phi) is 7.80. The summed E-state index contributed by atoms with van der Waals surface area (Å²) in [5.41, 5.74) is 0. The fourth-order valence-electron chi connectivity index (χ4n) is 3.39. The summed E-state index contributed by atoms with van der Waals surface area (Å²) in [7, 11) is 0. The average molecular weight is 325 g/mol. The lowest BCUT2D eigenvalue weighted by molar-refractivity contribution is -0.182. The molecule has 0 aromatic rings. The van der Waals surface area contributed by atoms with Gasteiger partial charge in [0.05, 0.1) is 6.61 Å². The van der Waals surface area contributed by atoms with Crippen molar-refractivity contribution in [3.63, 3.8) is 0 Å². The van der Waals surface area contributed by atoms with E-state index in [1.165, 1.54) is 32.4 Å². The highest BCUT2D eigenvalue weighted by molar-refractivity contribution is 5.76. The van der Waals surface area contributed by atoms with E-state index in [-0.39, 0.29) is 11.9 Å². The van der Waals surface area contributed by atoms with Crippen molar-refractivity contribution in [2.24, 2.45) is 5.92 Å². The monoisotopic (exact) mass is 325 g/mol. The predicted octanol–water partition coefficient (Wildman–Crippen LogP) is 2.37. The third-order valence-electron chi connectivity index (χ3n) is 5.13. The molecule has 2 rings (SSSR count). The zero-order chi connectivity index (χ0) is 16.7. The SMILES string of the molecule is CC1CCN(CCN(C(=O)CCN2CCCCO2)C(C)C)CC1. The number of nitrogens with zero attached hydrogens (tertiary/aromatic N) is 3. The molecule has 0 aliphatic carbocycles. The normalized spacial score (nSPS) is 21.7. The van der Waals surface area contributed by atoms with Crippen molar-refractivity contribution in [1.29, 1.82) is 0 Å². The van der Waals surface area contributed by atoms with Crippen LogP contribution in [0, 0.1) is 5.92 Å². The zero-order valence-corrected chi connectivity index (χ0v) is 15.3. The van der Waals surface area contributed by atoms with Gasteiger partial charge in [-0.15, -0.1) is 0 Å². The molecule has 0 aromatic carbocycles. The number of piperidine rings is 1. The number of carbonyl (C=O) groups excluding carboxylic acids is 1. The molecule has 1 amide bonds. The number of rotatable bonds is 7. The molecule has 0 bridgehead atoms. The van der Waals surface area contributed by atoms with Gasteiger partial charge in [0.15, 0.2) is 0 Å². The molecule has 2 saturated heterocycles. The van der Waals surface area contributed by atoms with E-state index in [4.69, 9.17) is 4.84 Å². The number of hydrogen-bond donors (Lipinski definition) is 0. The molecule has 0 saturated carbocycles. The molecule has 0 radical (unpaired) electrons. The van der Waals surface area contributed by atoms with E-state index in [9.17, 15) is 4.79 Å². The maximum atomic E-state index is 12.6. The van der Waals surface area contributed by atoms with Crippen molar-refractivity contribution < 1.29 is 9.63 Å². The second kappa shape index (κ2) is 9.60. The van der Waals surface area contributed by atoms with Gasteiger partial charge >= 0.3 is 0 Å². The molecule has 0 unspecified atom stereocenters. The van der Waals surface area contributed by atoms with Crippen LogP contribution in [0.1, 0.15) is 52.9 Å². The van der Waals surface area contributed by atoms with Gasteiger partial charge < -0.3 is 9.80 Å². The van der Waals surface area contributed by atoms with Crippen molar-refractivity contribution in [2.45, 2.75) is 58.9 Å². The number of amides is 1. The predicted molar refractivity (Wildman–Crippen MR) is 93.1 cm³/mol. The van der Waals surface area contributed by atoms with Gasteiger partial charge in [-0.1, -0.05) is 6.92 Å². The van der Waals surface area contributed by atoms with Crippen LogP contribution in [0.2, 0.25) is 0 Å². The van der Waals surface area contributed by atoms with Gasteiger partial charge in [0.25, 0.3) is 0 Å². The smallest absolute Gasteiger partial charge is 0.224 e. The Morgan fingerprint density at radius 3 is 2.52 bits per heavy atom. The summed E-state index contributed by atoms with van der Waals surface area (Å²) < 4.78 is 0. The van der Waals surface area contributed by atoms with Crippen LogP contribution in [-0.2, 0) is 9.63 Å². The third-order valence-corrected chi connectivity index (χ3v) is 5.13. The van der Waals surface area contributed by atoms with Crippen molar-refractivity contribution in [1.82, 2.24) is 14.9 Å². The van der Waals surface area contributed by atoms with Crippen molar-refractivity contribution in [3.05, 3.63) is 0 Å². The van der Waals surface area contributed by atoms with Crippen molar-refractivity contribution in [3.8, 4) is 0 Å². The van der Waals surface area contributed by atoms with Gasteiger partial charge in [0.2, 0.25) is 5.91 Å². The van der Waals surface area contributed by atoms with Crippen LogP contribution in [0.25, 0.3) is 0 Å². The Bertz CT molecular complexity index is 348. The molecule has 0 N–H and O–H groups in total. The quantitative estimate of drug-likeness (QED) is 0.720. The minimum absolute atomic E-state index is 0.263. The zero-order valence-electron chi connectivity index (χ0n) is 15.3. The largest absolute Gasteiger partial charge is 0.339 e. The highest BCUT2D eigenvalue weighted by atomic mass is 16.7. The van der Waals surface area contributed by atoms with Gasteiger partial charge in [-0.05, 0) is 58.5 Å². The van der Waals surface area contributed by atoms with E-state index in [2.05, 4.69) is 25.7 Å². The molecule has 134 valence electrons. The highest BCUT2D eigenvalue weighted by Crippen LogP contribution is 2.16. The lowest BCUT2D eigenvalue weighted by Crippen LogP contribution is -2.45. The average Bonchev–Trinajstić information content (AvgIpc) is 2.55. The molecule has 0 aromatic heterocycles. The van der Waals surface area contributed by atoms with E-state index in [0.29, 0.717) is 6.42 Å².